The Labute approximate surface area is 195 Å². The van der Waals surface area contributed by atoms with Crippen LogP contribution in [0.15, 0.2) is 58.3 Å². The van der Waals surface area contributed by atoms with E-state index in [1.165, 1.54) is 6.07 Å². The molecular weight excluding hydrogens is 449 g/mol. The molecule has 0 saturated carbocycles. The van der Waals surface area contributed by atoms with Crippen LogP contribution < -0.4 is 9.47 Å². The molecule has 2 N–H and O–H groups in total. The molecule has 0 aliphatic carbocycles. The number of hydrogen-bond acceptors (Lipinski definition) is 6. The Morgan fingerprint density at radius 1 is 1.09 bits per heavy atom. The number of likely N-dealkylation sites (tertiary alicyclic amines) is 1. The van der Waals surface area contributed by atoms with Crippen LogP contribution in [0.4, 0.5) is 4.39 Å². The average molecular weight is 476 g/mol. The van der Waals surface area contributed by atoms with E-state index in [1.54, 1.807) is 31.0 Å². The molecule has 1 unspecified atom stereocenters. The zero-order chi connectivity index (χ0) is 24.0. The van der Waals surface area contributed by atoms with Crippen molar-refractivity contribution in [1.29, 1.82) is 0 Å². The maximum absolute atomic E-state index is 13.7. The second-order valence-electron chi connectivity index (χ2n) is 7.79. The summed E-state index contributed by atoms with van der Waals surface area (Å²) in [5.41, 5.74) is 1.15. The molecule has 0 amide bonds. The maximum Gasteiger partial charge on any atom is 0.328 e. The molecule has 7 nitrogen and oxygen atoms in total. The van der Waals surface area contributed by atoms with Gasteiger partial charge in [-0.1, -0.05) is 11.8 Å². The van der Waals surface area contributed by atoms with E-state index in [4.69, 9.17) is 19.7 Å². The van der Waals surface area contributed by atoms with E-state index in [9.17, 15) is 14.0 Å². The van der Waals surface area contributed by atoms with Gasteiger partial charge in [0.05, 0.1) is 12.0 Å². The smallest absolute Gasteiger partial charge is 0.328 e. The standard InChI is InChI=1S/C20H22FNO2S.C4H4O4/c1-22-9-7-13(8-10-22)20-16-12-15(23-2)4-6-18(16)25-19-11-14(21)3-5-17(19)24-20;5-3(6)1-2-4(7)8/h3-6,11-13,20H,7-10H2,1-2H3;1-2H,(H,5,6)(H,7,8)/b;2-1-. The minimum absolute atomic E-state index is 0.0296. The summed E-state index contributed by atoms with van der Waals surface area (Å²) >= 11 is 1.57. The molecule has 2 heterocycles. The number of aliphatic carboxylic acids is 2. The van der Waals surface area contributed by atoms with Crippen LogP contribution in [0.25, 0.3) is 0 Å². The summed E-state index contributed by atoms with van der Waals surface area (Å²) in [6.07, 6.45) is 3.28. The third-order valence-electron chi connectivity index (χ3n) is 5.46. The van der Waals surface area contributed by atoms with Crippen LogP contribution in [0.1, 0.15) is 24.5 Å². The van der Waals surface area contributed by atoms with Gasteiger partial charge in [0.15, 0.2) is 0 Å². The van der Waals surface area contributed by atoms with E-state index in [1.807, 2.05) is 6.07 Å². The van der Waals surface area contributed by atoms with Gasteiger partial charge < -0.3 is 24.6 Å². The van der Waals surface area contributed by atoms with Gasteiger partial charge in [0.25, 0.3) is 0 Å². The van der Waals surface area contributed by atoms with Crippen LogP contribution >= 0.6 is 11.8 Å². The summed E-state index contributed by atoms with van der Waals surface area (Å²) in [6.45, 7) is 2.15. The van der Waals surface area contributed by atoms with E-state index >= 15 is 0 Å². The number of nitrogens with zero attached hydrogens (tertiary/aromatic N) is 1. The number of halogens is 1. The monoisotopic (exact) mass is 475 g/mol. The van der Waals surface area contributed by atoms with E-state index in [0.29, 0.717) is 18.1 Å². The molecule has 0 radical (unpaired) electrons. The summed E-state index contributed by atoms with van der Waals surface area (Å²) < 4.78 is 25.6. The van der Waals surface area contributed by atoms with Crippen molar-refractivity contribution >= 4 is 23.7 Å². The van der Waals surface area contributed by atoms with E-state index in [2.05, 4.69) is 24.1 Å². The van der Waals surface area contributed by atoms with Crippen molar-refractivity contribution in [2.45, 2.75) is 28.7 Å². The third-order valence-corrected chi connectivity index (χ3v) is 6.59. The molecule has 2 aromatic carbocycles. The average Bonchev–Trinajstić information content (AvgIpc) is 2.94. The van der Waals surface area contributed by atoms with Gasteiger partial charge in [0, 0.05) is 28.5 Å². The zero-order valence-corrected chi connectivity index (χ0v) is 19.2. The van der Waals surface area contributed by atoms with Crippen molar-refractivity contribution in [2.24, 2.45) is 5.92 Å². The molecule has 0 bridgehead atoms. The molecule has 2 aliphatic rings. The first kappa shape index (κ1) is 24.6. The molecule has 2 aromatic rings. The van der Waals surface area contributed by atoms with Gasteiger partial charge in [-0.15, -0.1) is 0 Å². The number of hydrogen-bond donors (Lipinski definition) is 2. The molecule has 1 saturated heterocycles. The summed E-state index contributed by atoms with van der Waals surface area (Å²) in [4.78, 5) is 23.4. The van der Waals surface area contributed by atoms with Crippen molar-refractivity contribution in [3.05, 3.63) is 59.9 Å². The highest BCUT2D eigenvalue weighted by Crippen LogP contribution is 2.48. The second kappa shape index (κ2) is 11.2. The van der Waals surface area contributed by atoms with Gasteiger partial charge in [-0.2, -0.15) is 0 Å². The lowest BCUT2D eigenvalue weighted by atomic mass is 9.87. The minimum atomic E-state index is -1.26. The molecule has 1 fully saturated rings. The van der Waals surface area contributed by atoms with Crippen LogP contribution in [-0.2, 0) is 9.59 Å². The van der Waals surface area contributed by atoms with E-state index in [-0.39, 0.29) is 11.9 Å². The first-order valence-electron chi connectivity index (χ1n) is 10.4. The SMILES string of the molecule is COc1ccc2c(c1)C(C1CCN(C)CC1)Oc1ccc(F)cc1S2.O=C(O)/C=C\C(=O)O. The summed E-state index contributed by atoms with van der Waals surface area (Å²) in [6, 6.07) is 10.9. The molecule has 176 valence electrons. The first-order valence-corrected chi connectivity index (χ1v) is 11.2. The number of carboxylic acids is 2. The number of piperidine rings is 1. The van der Waals surface area contributed by atoms with E-state index in [0.717, 1.165) is 52.8 Å². The number of rotatable bonds is 4. The molecule has 4 rings (SSSR count). The molecule has 0 aromatic heterocycles. The van der Waals surface area contributed by atoms with Crippen molar-refractivity contribution < 1.29 is 33.7 Å². The Hall–Kier alpha value is -3.04. The molecule has 9 heteroatoms. The normalized spacial score (nSPS) is 18.2. The molecule has 33 heavy (non-hydrogen) atoms. The number of benzene rings is 2. The van der Waals surface area contributed by atoms with Crippen molar-refractivity contribution in [3.8, 4) is 11.5 Å². The first-order chi connectivity index (χ1) is 15.8. The molecule has 0 spiro atoms. The van der Waals surface area contributed by atoms with Crippen molar-refractivity contribution in [2.75, 3.05) is 27.2 Å². The Balaban J connectivity index is 0.000000331. The highest BCUT2D eigenvalue weighted by Gasteiger charge is 2.33. The van der Waals surface area contributed by atoms with Crippen LogP contribution in [0.3, 0.4) is 0 Å². The second-order valence-corrected chi connectivity index (χ2v) is 8.87. The Morgan fingerprint density at radius 3 is 2.36 bits per heavy atom. The Bertz CT molecular complexity index is 1020. The quantitative estimate of drug-likeness (QED) is 0.626. The molecule has 2 aliphatic heterocycles. The summed E-state index contributed by atoms with van der Waals surface area (Å²) in [5, 5.41) is 15.6. The van der Waals surface area contributed by atoms with Crippen molar-refractivity contribution in [3.63, 3.8) is 0 Å². The van der Waals surface area contributed by atoms with Crippen LogP contribution in [0, 0.1) is 11.7 Å². The largest absolute Gasteiger partial charge is 0.497 e. The van der Waals surface area contributed by atoms with Gasteiger partial charge in [0.1, 0.15) is 23.4 Å². The Morgan fingerprint density at radius 2 is 1.76 bits per heavy atom. The van der Waals surface area contributed by atoms with Crippen LogP contribution in [0.5, 0.6) is 11.5 Å². The fourth-order valence-electron chi connectivity index (χ4n) is 3.77. The number of carboxylic acid groups (broad SMARTS) is 2. The molecular formula is C24H26FNO6S. The lowest BCUT2D eigenvalue weighted by Gasteiger charge is -2.34. The third kappa shape index (κ3) is 6.72. The predicted molar refractivity (Wildman–Crippen MR) is 122 cm³/mol. The zero-order valence-electron chi connectivity index (χ0n) is 18.4. The lowest BCUT2D eigenvalue weighted by molar-refractivity contribution is -0.134. The Kier molecular flexibility index (Phi) is 8.35. The minimum Gasteiger partial charge on any atom is -0.497 e. The number of carbonyl (C=O) groups is 2. The fraction of sp³-hybridized carbons (Fsp3) is 0.333. The van der Waals surface area contributed by atoms with Crippen molar-refractivity contribution in [1.82, 2.24) is 4.90 Å². The van der Waals surface area contributed by atoms with Gasteiger partial charge in [0.2, 0.25) is 0 Å². The topological polar surface area (TPSA) is 96.3 Å². The van der Waals surface area contributed by atoms with Crippen LogP contribution in [0.2, 0.25) is 0 Å². The fourth-order valence-corrected chi connectivity index (χ4v) is 4.82. The van der Waals surface area contributed by atoms with Gasteiger partial charge in [-0.25, -0.2) is 14.0 Å². The van der Waals surface area contributed by atoms with E-state index < -0.39 is 11.9 Å². The highest BCUT2D eigenvalue weighted by molar-refractivity contribution is 7.99. The van der Waals surface area contributed by atoms with Gasteiger partial charge in [-0.3, -0.25) is 0 Å². The predicted octanol–water partition coefficient (Wildman–Crippen LogP) is 4.47. The number of methoxy groups -OCH3 is 1. The van der Waals surface area contributed by atoms with Gasteiger partial charge in [-0.05, 0) is 69.4 Å². The summed E-state index contributed by atoms with van der Waals surface area (Å²) in [7, 11) is 3.84. The molecule has 1 atom stereocenters. The lowest BCUT2D eigenvalue weighted by Crippen LogP contribution is -2.34. The number of fused-ring (bicyclic) bond motifs is 2. The van der Waals surface area contributed by atoms with Crippen LogP contribution in [-0.4, -0.2) is 54.3 Å². The maximum atomic E-state index is 13.7. The highest BCUT2D eigenvalue weighted by atomic mass is 32.2. The summed E-state index contributed by atoms with van der Waals surface area (Å²) in [5.74, 6) is -0.704. The number of ether oxygens (including phenoxy) is 2. The van der Waals surface area contributed by atoms with Gasteiger partial charge >= 0.3 is 11.9 Å².